The maximum atomic E-state index is 12.4. The smallest absolute Gasteiger partial charge is 0.230 e. The Labute approximate surface area is 176 Å². The molecule has 152 valence electrons. The average Bonchev–Trinajstić information content (AvgIpc) is 3.11. The zero-order chi connectivity index (χ0) is 20.1. The van der Waals surface area contributed by atoms with Crippen LogP contribution in [0.1, 0.15) is 50.9 Å². The summed E-state index contributed by atoms with van der Waals surface area (Å²) in [5, 5.41) is 13.3. The molecule has 28 heavy (non-hydrogen) atoms. The van der Waals surface area contributed by atoms with Gasteiger partial charge in [-0.1, -0.05) is 42.6 Å². The summed E-state index contributed by atoms with van der Waals surface area (Å²) in [5.74, 6) is 1.23. The summed E-state index contributed by atoms with van der Waals surface area (Å²) >= 11 is 7.47. The Morgan fingerprint density at radius 1 is 1.25 bits per heavy atom. The van der Waals surface area contributed by atoms with Crippen molar-refractivity contribution in [2.24, 2.45) is 0 Å². The van der Waals surface area contributed by atoms with E-state index in [-0.39, 0.29) is 11.9 Å². The number of carbonyl (C=O) groups is 1. The molecular weight excluding hydrogens is 394 g/mol. The average molecular weight is 422 g/mol. The lowest BCUT2D eigenvalue weighted by Crippen LogP contribution is -2.37. The predicted molar refractivity (Wildman–Crippen MR) is 114 cm³/mol. The monoisotopic (exact) mass is 421 g/mol. The Morgan fingerprint density at radius 3 is 2.57 bits per heavy atom. The van der Waals surface area contributed by atoms with E-state index in [0.29, 0.717) is 22.0 Å². The molecule has 1 aromatic carbocycles. The molecule has 1 atom stereocenters. The van der Waals surface area contributed by atoms with Crippen molar-refractivity contribution in [1.29, 1.82) is 0 Å². The highest BCUT2D eigenvalue weighted by Crippen LogP contribution is 2.27. The van der Waals surface area contributed by atoms with E-state index in [9.17, 15) is 4.79 Å². The molecule has 1 heterocycles. The van der Waals surface area contributed by atoms with Crippen LogP contribution in [0.3, 0.4) is 0 Å². The second-order valence-electron chi connectivity index (χ2n) is 7.48. The van der Waals surface area contributed by atoms with Gasteiger partial charge in [0.25, 0.3) is 0 Å². The molecule has 1 saturated carbocycles. The van der Waals surface area contributed by atoms with Gasteiger partial charge in [-0.25, -0.2) is 0 Å². The van der Waals surface area contributed by atoms with Gasteiger partial charge in [0.2, 0.25) is 5.91 Å². The van der Waals surface area contributed by atoms with Crippen LogP contribution in [-0.4, -0.2) is 51.5 Å². The molecule has 1 aliphatic rings. The molecule has 1 aromatic heterocycles. The predicted octanol–water partition coefficient (Wildman–Crippen LogP) is 4.08. The number of halogens is 1. The van der Waals surface area contributed by atoms with Crippen LogP contribution in [0.4, 0.5) is 0 Å². The molecule has 1 aliphatic carbocycles. The van der Waals surface area contributed by atoms with Crippen LogP contribution in [0.15, 0.2) is 29.4 Å². The Balaban J connectivity index is 1.76. The van der Waals surface area contributed by atoms with Crippen molar-refractivity contribution in [2.45, 2.75) is 56.3 Å². The number of nitrogens with zero attached hydrogens (tertiary/aromatic N) is 4. The van der Waals surface area contributed by atoms with Gasteiger partial charge in [0.15, 0.2) is 11.0 Å². The molecular formula is C20H28ClN5OS. The van der Waals surface area contributed by atoms with Gasteiger partial charge >= 0.3 is 0 Å². The van der Waals surface area contributed by atoms with Gasteiger partial charge < -0.3 is 5.32 Å². The SMILES string of the molecule is CC(c1nnc(SCC(=O)NC2CCCCC2)n1-c1ccc(Cl)cc1)N(C)C. The Morgan fingerprint density at radius 2 is 1.93 bits per heavy atom. The first-order chi connectivity index (χ1) is 13.5. The molecule has 3 rings (SSSR count). The summed E-state index contributed by atoms with van der Waals surface area (Å²) in [6.45, 7) is 2.08. The molecule has 1 amide bonds. The highest BCUT2D eigenvalue weighted by atomic mass is 35.5. The second kappa shape index (κ2) is 9.76. The second-order valence-corrected chi connectivity index (χ2v) is 8.86. The van der Waals surface area contributed by atoms with E-state index in [0.717, 1.165) is 24.4 Å². The Bertz CT molecular complexity index is 786. The number of amides is 1. The van der Waals surface area contributed by atoms with E-state index < -0.39 is 0 Å². The fourth-order valence-corrected chi connectivity index (χ4v) is 4.25. The van der Waals surface area contributed by atoms with E-state index >= 15 is 0 Å². The summed E-state index contributed by atoms with van der Waals surface area (Å²) in [5.41, 5.74) is 0.938. The zero-order valence-electron chi connectivity index (χ0n) is 16.7. The number of hydrogen-bond donors (Lipinski definition) is 1. The maximum Gasteiger partial charge on any atom is 0.230 e. The highest BCUT2D eigenvalue weighted by molar-refractivity contribution is 7.99. The van der Waals surface area contributed by atoms with Crippen molar-refractivity contribution in [1.82, 2.24) is 25.0 Å². The molecule has 0 radical (unpaired) electrons. The summed E-state index contributed by atoms with van der Waals surface area (Å²) in [4.78, 5) is 14.5. The van der Waals surface area contributed by atoms with Gasteiger partial charge in [-0.2, -0.15) is 0 Å². The lowest BCUT2D eigenvalue weighted by Gasteiger charge is -2.22. The van der Waals surface area contributed by atoms with Crippen LogP contribution in [0.5, 0.6) is 0 Å². The number of rotatable bonds is 7. The minimum atomic E-state index is 0.0600. The lowest BCUT2D eigenvalue weighted by atomic mass is 9.95. The Hall–Kier alpha value is -1.57. The number of thioether (sulfide) groups is 1. The van der Waals surface area contributed by atoms with Crippen molar-refractivity contribution < 1.29 is 4.79 Å². The third-order valence-electron chi connectivity index (χ3n) is 5.19. The molecule has 1 N–H and O–H groups in total. The van der Waals surface area contributed by atoms with Gasteiger partial charge in [-0.15, -0.1) is 10.2 Å². The van der Waals surface area contributed by atoms with Crippen LogP contribution in [-0.2, 0) is 4.79 Å². The molecule has 6 nitrogen and oxygen atoms in total. The quantitative estimate of drug-likeness (QED) is 0.682. The van der Waals surface area contributed by atoms with Crippen molar-refractivity contribution in [3.63, 3.8) is 0 Å². The van der Waals surface area contributed by atoms with Crippen LogP contribution >= 0.6 is 23.4 Å². The van der Waals surface area contributed by atoms with Gasteiger partial charge in [-0.3, -0.25) is 14.3 Å². The van der Waals surface area contributed by atoms with Crippen molar-refractivity contribution in [2.75, 3.05) is 19.8 Å². The summed E-state index contributed by atoms with van der Waals surface area (Å²) in [7, 11) is 4.02. The topological polar surface area (TPSA) is 63.1 Å². The highest BCUT2D eigenvalue weighted by Gasteiger charge is 2.22. The number of carbonyl (C=O) groups excluding carboxylic acids is 1. The van der Waals surface area contributed by atoms with Crippen molar-refractivity contribution in [3.8, 4) is 5.69 Å². The first-order valence-corrected chi connectivity index (χ1v) is 11.1. The summed E-state index contributed by atoms with van der Waals surface area (Å²) in [6.07, 6.45) is 5.85. The van der Waals surface area contributed by atoms with Gasteiger partial charge in [0, 0.05) is 16.8 Å². The van der Waals surface area contributed by atoms with Gasteiger partial charge in [0.05, 0.1) is 11.8 Å². The summed E-state index contributed by atoms with van der Waals surface area (Å²) < 4.78 is 2.01. The van der Waals surface area contributed by atoms with Gasteiger partial charge in [-0.05, 0) is 58.1 Å². The molecule has 1 unspecified atom stereocenters. The Kier molecular flexibility index (Phi) is 7.37. The van der Waals surface area contributed by atoms with Crippen LogP contribution in [0.25, 0.3) is 5.69 Å². The molecule has 1 fully saturated rings. The molecule has 0 spiro atoms. The van der Waals surface area contributed by atoms with Crippen LogP contribution in [0.2, 0.25) is 5.02 Å². The first-order valence-electron chi connectivity index (χ1n) is 9.75. The van der Waals surface area contributed by atoms with Crippen molar-refractivity contribution >= 4 is 29.3 Å². The van der Waals surface area contributed by atoms with E-state index in [4.69, 9.17) is 11.6 Å². The number of nitrogens with one attached hydrogen (secondary N) is 1. The number of aromatic nitrogens is 3. The van der Waals surface area contributed by atoms with Crippen molar-refractivity contribution in [3.05, 3.63) is 35.1 Å². The minimum absolute atomic E-state index is 0.0600. The maximum absolute atomic E-state index is 12.4. The largest absolute Gasteiger partial charge is 0.353 e. The van der Waals surface area contributed by atoms with E-state index in [1.807, 2.05) is 42.9 Å². The third-order valence-corrected chi connectivity index (χ3v) is 6.38. The third kappa shape index (κ3) is 5.27. The first kappa shape index (κ1) is 21.1. The van der Waals surface area contributed by atoms with E-state index in [2.05, 4.69) is 27.3 Å². The fraction of sp³-hybridized carbons (Fsp3) is 0.550. The van der Waals surface area contributed by atoms with E-state index in [1.165, 1.54) is 31.0 Å². The van der Waals surface area contributed by atoms with E-state index in [1.54, 1.807) is 0 Å². The van der Waals surface area contributed by atoms with Crippen LogP contribution < -0.4 is 5.32 Å². The molecule has 8 heteroatoms. The van der Waals surface area contributed by atoms with Crippen LogP contribution in [0, 0.1) is 0 Å². The summed E-state index contributed by atoms with van der Waals surface area (Å²) in [6, 6.07) is 8.00. The number of benzene rings is 1. The molecule has 2 aromatic rings. The standard InChI is InChI=1S/C20H28ClN5OS/c1-14(25(2)3)19-23-24-20(26(19)17-11-9-15(21)10-12-17)28-13-18(27)22-16-7-5-4-6-8-16/h9-12,14,16H,4-8,13H2,1-3H3,(H,22,27). The van der Waals surface area contributed by atoms with Gasteiger partial charge in [0.1, 0.15) is 0 Å². The lowest BCUT2D eigenvalue weighted by molar-refractivity contribution is -0.119. The fourth-order valence-electron chi connectivity index (χ4n) is 3.36. The zero-order valence-corrected chi connectivity index (χ0v) is 18.3. The molecule has 0 aliphatic heterocycles. The molecule has 0 bridgehead atoms. The normalized spacial score (nSPS) is 16.3. The molecule has 0 saturated heterocycles. The minimum Gasteiger partial charge on any atom is -0.353 e. The number of hydrogen-bond acceptors (Lipinski definition) is 5.